The third kappa shape index (κ3) is 4.39. The monoisotopic (exact) mass is 301 g/mol. The summed E-state index contributed by atoms with van der Waals surface area (Å²) in [5.41, 5.74) is 2.52. The van der Waals surface area contributed by atoms with Crippen molar-refractivity contribution in [1.29, 1.82) is 5.26 Å². The molecular formula is C15H15N3O2S. The first-order chi connectivity index (χ1) is 9.99. The zero-order chi connectivity index (χ0) is 15.3. The Hall–Kier alpha value is -2.20. The standard InChI is InChI=1S/C15H15N3O2S/c16-9-12-4-6-13(7-5-12)10-18-11-14-2-1-3-15(8-14)21(17,19)20/h1-8,18H,10-11H2,(H2,17,19,20). The molecule has 0 radical (unpaired) electrons. The zero-order valence-corrected chi connectivity index (χ0v) is 12.1. The first-order valence-corrected chi connectivity index (χ1v) is 7.85. The number of hydrogen-bond donors (Lipinski definition) is 2. The highest BCUT2D eigenvalue weighted by molar-refractivity contribution is 7.89. The lowest BCUT2D eigenvalue weighted by molar-refractivity contribution is 0.597. The second kappa shape index (κ2) is 6.50. The summed E-state index contributed by atoms with van der Waals surface area (Å²) in [5, 5.41) is 17.0. The van der Waals surface area contributed by atoms with Gasteiger partial charge in [-0.25, -0.2) is 13.6 Å². The molecule has 0 saturated heterocycles. The van der Waals surface area contributed by atoms with Crippen LogP contribution in [0.15, 0.2) is 53.4 Å². The fourth-order valence-electron chi connectivity index (χ4n) is 1.88. The van der Waals surface area contributed by atoms with Crippen LogP contribution in [0.1, 0.15) is 16.7 Å². The van der Waals surface area contributed by atoms with Crippen LogP contribution in [-0.4, -0.2) is 8.42 Å². The number of sulfonamides is 1. The first kappa shape index (κ1) is 15.2. The number of primary sulfonamides is 1. The lowest BCUT2D eigenvalue weighted by Crippen LogP contribution is -2.15. The molecule has 5 nitrogen and oxygen atoms in total. The number of rotatable bonds is 5. The van der Waals surface area contributed by atoms with E-state index in [1.807, 2.05) is 18.2 Å². The van der Waals surface area contributed by atoms with Gasteiger partial charge < -0.3 is 5.32 Å². The van der Waals surface area contributed by atoms with Crippen molar-refractivity contribution in [3.05, 3.63) is 65.2 Å². The molecule has 21 heavy (non-hydrogen) atoms. The average Bonchev–Trinajstić information content (AvgIpc) is 2.47. The molecule has 0 aliphatic heterocycles. The molecule has 2 rings (SSSR count). The molecule has 2 aromatic rings. The molecule has 3 N–H and O–H groups in total. The normalized spacial score (nSPS) is 11.0. The molecule has 0 aromatic heterocycles. The first-order valence-electron chi connectivity index (χ1n) is 6.30. The summed E-state index contributed by atoms with van der Waals surface area (Å²) in [6.07, 6.45) is 0. The molecule has 0 aliphatic carbocycles. The number of nitrogens with two attached hydrogens (primary N) is 1. The molecule has 0 fully saturated rings. The molecule has 0 amide bonds. The Morgan fingerprint density at radius 3 is 2.33 bits per heavy atom. The van der Waals surface area contributed by atoms with E-state index in [1.54, 1.807) is 24.3 Å². The Morgan fingerprint density at radius 1 is 1.05 bits per heavy atom. The van der Waals surface area contributed by atoms with Crippen molar-refractivity contribution in [2.24, 2.45) is 5.14 Å². The minimum absolute atomic E-state index is 0.111. The van der Waals surface area contributed by atoms with Crippen LogP contribution in [0.25, 0.3) is 0 Å². The quantitative estimate of drug-likeness (QED) is 0.874. The smallest absolute Gasteiger partial charge is 0.238 e. The van der Waals surface area contributed by atoms with Crippen LogP contribution >= 0.6 is 0 Å². The Balaban J connectivity index is 1.96. The minimum atomic E-state index is -3.67. The van der Waals surface area contributed by atoms with Gasteiger partial charge in [-0.1, -0.05) is 24.3 Å². The summed E-state index contributed by atoms with van der Waals surface area (Å²) < 4.78 is 22.5. The molecule has 0 heterocycles. The predicted molar refractivity (Wildman–Crippen MR) is 79.5 cm³/mol. The van der Waals surface area contributed by atoms with E-state index in [4.69, 9.17) is 10.4 Å². The molecule has 2 aromatic carbocycles. The SMILES string of the molecule is N#Cc1ccc(CNCc2cccc(S(N)(=O)=O)c2)cc1. The van der Waals surface area contributed by atoms with Gasteiger partial charge >= 0.3 is 0 Å². The summed E-state index contributed by atoms with van der Waals surface area (Å²) in [7, 11) is -3.67. The van der Waals surface area contributed by atoms with Crippen LogP contribution in [0.3, 0.4) is 0 Å². The van der Waals surface area contributed by atoms with E-state index in [2.05, 4.69) is 11.4 Å². The number of nitriles is 1. The molecular weight excluding hydrogens is 286 g/mol. The maximum atomic E-state index is 11.3. The molecule has 6 heteroatoms. The van der Waals surface area contributed by atoms with E-state index < -0.39 is 10.0 Å². The summed E-state index contributed by atoms with van der Waals surface area (Å²) >= 11 is 0. The zero-order valence-electron chi connectivity index (χ0n) is 11.3. The van der Waals surface area contributed by atoms with E-state index in [0.717, 1.165) is 11.1 Å². The summed E-state index contributed by atoms with van der Waals surface area (Å²) in [6.45, 7) is 1.16. The van der Waals surface area contributed by atoms with Gasteiger partial charge in [-0.2, -0.15) is 5.26 Å². The molecule has 0 saturated carbocycles. The maximum Gasteiger partial charge on any atom is 0.238 e. The van der Waals surface area contributed by atoms with Gasteiger partial charge in [0.15, 0.2) is 0 Å². The van der Waals surface area contributed by atoms with Gasteiger partial charge in [-0.3, -0.25) is 0 Å². The van der Waals surface area contributed by atoms with Gasteiger partial charge in [0.05, 0.1) is 16.5 Å². The highest BCUT2D eigenvalue weighted by Crippen LogP contribution is 2.10. The average molecular weight is 301 g/mol. The van der Waals surface area contributed by atoms with Crippen molar-refractivity contribution < 1.29 is 8.42 Å². The van der Waals surface area contributed by atoms with Crippen molar-refractivity contribution in [3.63, 3.8) is 0 Å². The maximum absolute atomic E-state index is 11.3. The van der Waals surface area contributed by atoms with Crippen molar-refractivity contribution >= 4 is 10.0 Å². The molecule has 0 spiro atoms. The van der Waals surface area contributed by atoms with Gasteiger partial charge in [0.25, 0.3) is 0 Å². The fourth-order valence-corrected chi connectivity index (χ4v) is 2.46. The largest absolute Gasteiger partial charge is 0.309 e. The van der Waals surface area contributed by atoms with Gasteiger partial charge in [-0.05, 0) is 35.4 Å². The molecule has 108 valence electrons. The number of nitrogens with one attached hydrogen (secondary N) is 1. The van der Waals surface area contributed by atoms with Gasteiger partial charge in [-0.15, -0.1) is 0 Å². The summed E-state index contributed by atoms with van der Waals surface area (Å²) in [4.78, 5) is 0.111. The molecule has 0 atom stereocenters. The fraction of sp³-hybridized carbons (Fsp3) is 0.133. The third-order valence-electron chi connectivity index (χ3n) is 2.97. The second-order valence-electron chi connectivity index (χ2n) is 4.60. The number of hydrogen-bond acceptors (Lipinski definition) is 4. The highest BCUT2D eigenvalue weighted by Gasteiger charge is 2.07. The lowest BCUT2D eigenvalue weighted by atomic mass is 10.1. The Bertz CT molecular complexity index is 762. The Morgan fingerprint density at radius 2 is 1.71 bits per heavy atom. The predicted octanol–water partition coefficient (Wildman–Crippen LogP) is 1.50. The van der Waals surface area contributed by atoms with E-state index in [1.165, 1.54) is 6.07 Å². The summed E-state index contributed by atoms with van der Waals surface area (Å²) in [5.74, 6) is 0. The van der Waals surface area contributed by atoms with Gasteiger partial charge in [0.2, 0.25) is 10.0 Å². The van der Waals surface area contributed by atoms with Gasteiger partial charge in [0.1, 0.15) is 0 Å². The van der Waals surface area contributed by atoms with E-state index >= 15 is 0 Å². The highest BCUT2D eigenvalue weighted by atomic mass is 32.2. The van der Waals surface area contributed by atoms with Crippen LogP contribution < -0.4 is 10.5 Å². The van der Waals surface area contributed by atoms with Crippen LogP contribution in [0.5, 0.6) is 0 Å². The van der Waals surface area contributed by atoms with Crippen molar-refractivity contribution in [1.82, 2.24) is 5.32 Å². The van der Waals surface area contributed by atoms with Crippen molar-refractivity contribution in [2.45, 2.75) is 18.0 Å². The van der Waals surface area contributed by atoms with Crippen LogP contribution in [0.2, 0.25) is 0 Å². The Kier molecular flexibility index (Phi) is 4.70. The van der Waals surface area contributed by atoms with E-state index in [0.29, 0.717) is 18.7 Å². The lowest BCUT2D eigenvalue weighted by Gasteiger charge is -2.06. The molecule has 0 unspecified atom stereocenters. The molecule has 0 aliphatic rings. The number of benzene rings is 2. The third-order valence-corrected chi connectivity index (χ3v) is 3.88. The van der Waals surface area contributed by atoms with Crippen LogP contribution in [0, 0.1) is 11.3 Å². The molecule has 0 bridgehead atoms. The van der Waals surface area contributed by atoms with Crippen LogP contribution in [0.4, 0.5) is 0 Å². The Labute approximate surface area is 124 Å². The van der Waals surface area contributed by atoms with E-state index in [-0.39, 0.29) is 4.90 Å². The van der Waals surface area contributed by atoms with Crippen molar-refractivity contribution in [2.75, 3.05) is 0 Å². The topological polar surface area (TPSA) is 96.0 Å². The minimum Gasteiger partial charge on any atom is -0.309 e. The number of nitrogens with zero attached hydrogens (tertiary/aromatic N) is 1. The van der Waals surface area contributed by atoms with Crippen molar-refractivity contribution in [3.8, 4) is 6.07 Å². The second-order valence-corrected chi connectivity index (χ2v) is 6.17. The van der Waals surface area contributed by atoms with E-state index in [9.17, 15) is 8.42 Å². The summed E-state index contributed by atoms with van der Waals surface area (Å²) in [6, 6.07) is 15.9. The van der Waals surface area contributed by atoms with Crippen LogP contribution in [-0.2, 0) is 23.1 Å². The van der Waals surface area contributed by atoms with Gasteiger partial charge in [0, 0.05) is 13.1 Å².